The first-order chi connectivity index (χ1) is 10.8. The normalized spacial score (nSPS) is 19.4. The van der Waals surface area contributed by atoms with Gasteiger partial charge in [-0.15, -0.1) is 6.42 Å². The zero-order valence-corrected chi connectivity index (χ0v) is 11.3. The Kier molecular flexibility index (Phi) is 3.29. The van der Waals surface area contributed by atoms with E-state index in [0.717, 1.165) is 10.8 Å². The zero-order valence-electron chi connectivity index (χ0n) is 11.3. The van der Waals surface area contributed by atoms with Crippen molar-refractivity contribution in [2.24, 2.45) is 0 Å². The number of aromatic nitrogens is 1. The van der Waals surface area contributed by atoms with Gasteiger partial charge in [-0.2, -0.15) is 0 Å². The maximum absolute atomic E-state index is 13.9. The van der Waals surface area contributed by atoms with Crippen LogP contribution in [0, 0.1) is 24.0 Å². The fourth-order valence-corrected chi connectivity index (χ4v) is 2.44. The summed E-state index contributed by atoms with van der Waals surface area (Å²) in [5.74, 6) is -1.39. The summed E-state index contributed by atoms with van der Waals surface area (Å²) in [6, 6.07) is -0.166. The fraction of sp³-hybridized carbons (Fsp3) is 0.200. The van der Waals surface area contributed by atoms with E-state index in [1.165, 1.54) is 0 Å². The van der Waals surface area contributed by atoms with Gasteiger partial charge in [0.15, 0.2) is 17.4 Å². The predicted octanol–water partition coefficient (Wildman–Crippen LogP) is 2.60. The number of rotatable bonds is 2. The van der Waals surface area contributed by atoms with Gasteiger partial charge in [0.2, 0.25) is 5.43 Å². The molecule has 0 bridgehead atoms. The third-order valence-electron chi connectivity index (χ3n) is 3.56. The molecule has 1 aliphatic rings. The molecule has 0 radical (unpaired) electrons. The minimum Gasteiger partial charge on any atom is -0.449 e. The van der Waals surface area contributed by atoms with Crippen LogP contribution in [0.5, 0.6) is 5.75 Å². The summed E-state index contributed by atoms with van der Waals surface area (Å²) >= 11 is 0. The molecule has 5 nitrogen and oxygen atoms in total. The quantitative estimate of drug-likeness (QED) is 0.681. The van der Waals surface area contributed by atoms with Crippen molar-refractivity contribution < 1.29 is 27.8 Å². The Hall–Kier alpha value is -2.95. The van der Waals surface area contributed by atoms with Crippen molar-refractivity contribution in [3.63, 3.8) is 0 Å². The van der Waals surface area contributed by atoms with Crippen LogP contribution >= 0.6 is 0 Å². The average molecular weight is 323 g/mol. The van der Waals surface area contributed by atoms with E-state index in [1.54, 1.807) is 0 Å². The molecule has 2 aromatic rings. The maximum Gasteiger partial charge on any atom is 0.511 e. The molecule has 1 heterocycles. The van der Waals surface area contributed by atoms with Crippen LogP contribution in [-0.2, 0) is 0 Å². The lowest BCUT2D eigenvalue weighted by molar-refractivity contribution is 0.143. The number of nitrogens with zero attached hydrogens (tertiary/aromatic N) is 1. The first-order valence-corrected chi connectivity index (χ1v) is 6.43. The molecule has 0 spiro atoms. The fourth-order valence-electron chi connectivity index (χ4n) is 2.44. The van der Waals surface area contributed by atoms with Crippen molar-refractivity contribution in [2.45, 2.75) is 18.6 Å². The number of carbonyl (C=O) groups is 1. The maximum atomic E-state index is 13.9. The summed E-state index contributed by atoms with van der Waals surface area (Å²) in [5.41, 5.74) is -1.68. The van der Waals surface area contributed by atoms with Gasteiger partial charge in [0.05, 0.1) is 28.7 Å². The summed E-state index contributed by atoms with van der Waals surface area (Å²) in [6.07, 6.45) is 3.18. The second-order valence-corrected chi connectivity index (χ2v) is 5.00. The van der Waals surface area contributed by atoms with Crippen LogP contribution in [0.2, 0.25) is 0 Å². The van der Waals surface area contributed by atoms with Gasteiger partial charge < -0.3 is 14.4 Å². The van der Waals surface area contributed by atoms with Crippen LogP contribution in [0.15, 0.2) is 17.1 Å². The van der Waals surface area contributed by atoms with Crippen LogP contribution in [0.4, 0.5) is 18.0 Å². The van der Waals surface area contributed by atoms with Gasteiger partial charge >= 0.3 is 6.16 Å². The molecule has 1 saturated carbocycles. The number of terminal acetylenes is 1. The second-order valence-electron chi connectivity index (χ2n) is 5.00. The number of pyridine rings is 1. The van der Waals surface area contributed by atoms with Gasteiger partial charge in [0.1, 0.15) is 6.17 Å². The number of benzene rings is 1. The Morgan fingerprint density at radius 2 is 2.13 bits per heavy atom. The van der Waals surface area contributed by atoms with E-state index in [0.29, 0.717) is 6.07 Å². The van der Waals surface area contributed by atoms with Crippen LogP contribution < -0.4 is 10.2 Å². The highest BCUT2D eigenvalue weighted by atomic mass is 19.2. The highest BCUT2D eigenvalue weighted by Gasteiger charge is 2.40. The monoisotopic (exact) mass is 323 g/mol. The van der Waals surface area contributed by atoms with E-state index in [2.05, 4.69) is 4.74 Å². The standard InChI is InChI=1S/C15H8F3NO4/c1-2-6-12(18)9(17)3-7-13(6)19(10-4-8(10)16)5-11(14(7)20)23-15(21)22/h1,3,5,8,10H,4H2,(H,21,22)/t8-,10+/m0/s1. The van der Waals surface area contributed by atoms with Gasteiger partial charge in [-0.05, 0) is 6.07 Å². The van der Waals surface area contributed by atoms with Gasteiger partial charge in [0, 0.05) is 6.42 Å². The summed E-state index contributed by atoms with van der Waals surface area (Å²) in [5, 5.41) is 8.27. The van der Waals surface area contributed by atoms with Gasteiger partial charge in [-0.1, -0.05) is 5.92 Å². The van der Waals surface area contributed by atoms with Crippen molar-refractivity contribution in [3.05, 3.63) is 39.7 Å². The molecule has 0 amide bonds. The lowest BCUT2D eigenvalue weighted by atomic mass is 10.1. The number of carboxylic acid groups (broad SMARTS) is 1. The number of halogens is 3. The lowest BCUT2D eigenvalue weighted by Gasteiger charge is -2.14. The van der Waals surface area contributed by atoms with E-state index in [1.807, 2.05) is 5.92 Å². The molecule has 0 unspecified atom stereocenters. The topological polar surface area (TPSA) is 68.5 Å². The summed E-state index contributed by atoms with van der Waals surface area (Å²) in [6.45, 7) is 0. The second kappa shape index (κ2) is 5.05. The van der Waals surface area contributed by atoms with E-state index >= 15 is 0 Å². The first-order valence-electron chi connectivity index (χ1n) is 6.43. The van der Waals surface area contributed by atoms with Crippen molar-refractivity contribution in [1.29, 1.82) is 0 Å². The molecule has 2 atom stereocenters. The molecule has 118 valence electrons. The molecule has 0 saturated heterocycles. The van der Waals surface area contributed by atoms with Crippen LogP contribution in [-0.4, -0.2) is 22.0 Å². The smallest absolute Gasteiger partial charge is 0.449 e. The van der Waals surface area contributed by atoms with Crippen molar-refractivity contribution in [2.75, 3.05) is 0 Å². The van der Waals surface area contributed by atoms with Crippen molar-refractivity contribution in [1.82, 2.24) is 4.57 Å². The summed E-state index contributed by atoms with van der Waals surface area (Å²) < 4.78 is 46.4. The van der Waals surface area contributed by atoms with Crippen molar-refractivity contribution >= 4 is 17.1 Å². The highest BCUT2D eigenvalue weighted by molar-refractivity contribution is 5.87. The average Bonchev–Trinajstić information content (AvgIpc) is 3.20. The molecular weight excluding hydrogens is 315 g/mol. The molecule has 1 N–H and O–H groups in total. The van der Waals surface area contributed by atoms with E-state index in [9.17, 15) is 22.8 Å². The van der Waals surface area contributed by atoms with Gasteiger partial charge in [0.25, 0.3) is 0 Å². The molecule has 0 aliphatic heterocycles. The van der Waals surface area contributed by atoms with E-state index in [4.69, 9.17) is 11.5 Å². The predicted molar refractivity (Wildman–Crippen MR) is 73.3 cm³/mol. The summed E-state index contributed by atoms with van der Waals surface area (Å²) in [7, 11) is 0. The number of ether oxygens (including phenoxy) is 1. The molecule has 1 aliphatic carbocycles. The number of hydrogen-bond acceptors (Lipinski definition) is 3. The van der Waals surface area contributed by atoms with E-state index in [-0.39, 0.29) is 17.3 Å². The molecular formula is C15H8F3NO4. The molecule has 23 heavy (non-hydrogen) atoms. The summed E-state index contributed by atoms with van der Waals surface area (Å²) in [4.78, 5) is 22.9. The molecule has 1 aromatic heterocycles. The SMILES string of the molecule is C#Cc1c(F)c(F)cc2c(=O)c(OC(=O)O)cn([C@@H]3C[C@@H]3F)c12. The Bertz CT molecular complexity index is 945. The Morgan fingerprint density at radius 1 is 1.48 bits per heavy atom. The lowest BCUT2D eigenvalue weighted by Crippen LogP contribution is -2.18. The Labute approximate surface area is 126 Å². The molecule has 1 aromatic carbocycles. The zero-order chi connectivity index (χ0) is 16.9. The molecule has 3 rings (SSSR count). The third kappa shape index (κ3) is 2.30. The van der Waals surface area contributed by atoms with Gasteiger partial charge in [-0.25, -0.2) is 18.0 Å². The van der Waals surface area contributed by atoms with Crippen LogP contribution in [0.3, 0.4) is 0 Å². The van der Waals surface area contributed by atoms with E-state index < -0.39 is 46.7 Å². The largest absolute Gasteiger partial charge is 0.511 e. The number of alkyl halides is 1. The Morgan fingerprint density at radius 3 is 2.65 bits per heavy atom. The number of fused-ring (bicyclic) bond motifs is 1. The minimum absolute atomic E-state index is 0.0769. The molecule has 8 heteroatoms. The molecule has 1 fully saturated rings. The Balaban J connectivity index is 2.44. The highest BCUT2D eigenvalue weighted by Crippen LogP contribution is 2.42. The minimum atomic E-state index is -1.76. The van der Waals surface area contributed by atoms with Crippen LogP contribution in [0.1, 0.15) is 18.0 Å². The van der Waals surface area contributed by atoms with Crippen molar-refractivity contribution in [3.8, 4) is 18.1 Å². The van der Waals surface area contributed by atoms with Gasteiger partial charge in [-0.3, -0.25) is 4.79 Å². The number of hydrogen-bond donors (Lipinski definition) is 1. The third-order valence-corrected chi connectivity index (χ3v) is 3.56. The first kappa shape index (κ1) is 15.0. The van der Waals surface area contributed by atoms with Crippen LogP contribution in [0.25, 0.3) is 10.9 Å².